The molecule has 1 aromatic rings. The molecule has 0 saturated carbocycles. The molecule has 2 fully saturated rings. The molecule has 5 nitrogen and oxygen atoms in total. The first-order chi connectivity index (χ1) is 11.1. The average molecular weight is 334 g/mol. The Kier molecular flexibility index (Phi) is 5.46. The number of benzene rings is 1. The number of hydrogen-bond donors (Lipinski definition) is 1. The molecule has 2 heterocycles. The highest BCUT2D eigenvalue weighted by molar-refractivity contribution is 7.99. The van der Waals surface area contributed by atoms with Gasteiger partial charge in [-0.2, -0.15) is 11.8 Å². The molecular weight excluding hydrogens is 308 g/mol. The van der Waals surface area contributed by atoms with Crippen molar-refractivity contribution in [2.45, 2.75) is 11.8 Å². The SMILES string of the molecule is CN1CCN(Cc2ccc(C3CN(C(N)=O)CCS3)cc2)CC1. The van der Waals surface area contributed by atoms with Gasteiger partial charge < -0.3 is 15.5 Å². The fourth-order valence-corrected chi connectivity index (χ4v) is 4.40. The van der Waals surface area contributed by atoms with Gasteiger partial charge in [0.15, 0.2) is 0 Å². The largest absolute Gasteiger partial charge is 0.351 e. The third-order valence-electron chi connectivity index (χ3n) is 4.73. The number of rotatable bonds is 3. The summed E-state index contributed by atoms with van der Waals surface area (Å²) < 4.78 is 0. The van der Waals surface area contributed by atoms with Crippen LogP contribution in [0, 0.1) is 0 Å². The van der Waals surface area contributed by atoms with Crippen LogP contribution < -0.4 is 5.73 Å². The number of thioether (sulfide) groups is 1. The zero-order valence-electron chi connectivity index (χ0n) is 13.8. The van der Waals surface area contributed by atoms with Crippen molar-refractivity contribution in [1.29, 1.82) is 0 Å². The highest BCUT2D eigenvalue weighted by Gasteiger charge is 2.23. The van der Waals surface area contributed by atoms with Crippen LogP contribution in [-0.4, -0.2) is 72.8 Å². The molecule has 2 N–H and O–H groups in total. The Morgan fingerprint density at radius 2 is 1.87 bits per heavy atom. The van der Waals surface area contributed by atoms with Crippen LogP contribution in [0.25, 0.3) is 0 Å². The van der Waals surface area contributed by atoms with Gasteiger partial charge in [0, 0.05) is 56.8 Å². The van der Waals surface area contributed by atoms with Crippen molar-refractivity contribution in [3.05, 3.63) is 35.4 Å². The minimum absolute atomic E-state index is 0.304. The van der Waals surface area contributed by atoms with E-state index in [0.29, 0.717) is 5.25 Å². The highest BCUT2D eigenvalue weighted by atomic mass is 32.2. The molecule has 0 aliphatic carbocycles. The number of nitrogens with zero attached hydrogens (tertiary/aromatic N) is 3. The molecule has 23 heavy (non-hydrogen) atoms. The summed E-state index contributed by atoms with van der Waals surface area (Å²) in [5.41, 5.74) is 8.08. The highest BCUT2D eigenvalue weighted by Crippen LogP contribution is 2.33. The molecular formula is C17H26N4OS. The van der Waals surface area contributed by atoms with Gasteiger partial charge in [-0.05, 0) is 18.2 Å². The number of urea groups is 1. The third-order valence-corrected chi connectivity index (χ3v) is 5.97. The van der Waals surface area contributed by atoms with Crippen LogP contribution >= 0.6 is 11.8 Å². The van der Waals surface area contributed by atoms with E-state index >= 15 is 0 Å². The summed E-state index contributed by atoms with van der Waals surface area (Å²) in [4.78, 5) is 18.0. The van der Waals surface area contributed by atoms with Gasteiger partial charge in [0.25, 0.3) is 0 Å². The lowest BCUT2D eigenvalue weighted by Crippen LogP contribution is -2.43. The first-order valence-corrected chi connectivity index (χ1v) is 9.32. The van der Waals surface area contributed by atoms with E-state index in [9.17, 15) is 4.79 Å². The minimum Gasteiger partial charge on any atom is -0.351 e. The summed E-state index contributed by atoms with van der Waals surface area (Å²) in [5.74, 6) is 0.955. The summed E-state index contributed by atoms with van der Waals surface area (Å²) in [6, 6.07) is 8.60. The lowest BCUT2D eigenvalue weighted by molar-refractivity contribution is 0.148. The Morgan fingerprint density at radius 3 is 2.52 bits per heavy atom. The van der Waals surface area contributed by atoms with Crippen LogP contribution in [0.4, 0.5) is 4.79 Å². The van der Waals surface area contributed by atoms with Crippen molar-refractivity contribution in [2.75, 3.05) is 52.1 Å². The average Bonchev–Trinajstić information content (AvgIpc) is 2.58. The predicted octanol–water partition coefficient (Wildman–Crippen LogP) is 1.60. The monoisotopic (exact) mass is 334 g/mol. The molecule has 0 bridgehead atoms. The zero-order chi connectivity index (χ0) is 16.2. The van der Waals surface area contributed by atoms with Gasteiger partial charge in [0.2, 0.25) is 0 Å². The van der Waals surface area contributed by atoms with E-state index in [1.807, 2.05) is 11.8 Å². The van der Waals surface area contributed by atoms with E-state index in [1.54, 1.807) is 4.90 Å². The molecule has 2 amide bonds. The van der Waals surface area contributed by atoms with Crippen LogP contribution in [0.1, 0.15) is 16.4 Å². The van der Waals surface area contributed by atoms with E-state index in [1.165, 1.54) is 11.1 Å². The number of carbonyl (C=O) groups is 1. The maximum absolute atomic E-state index is 11.4. The van der Waals surface area contributed by atoms with Crippen molar-refractivity contribution in [3.8, 4) is 0 Å². The second kappa shape index (κ2) is 7.55. The number of hydrogen-bond acceptors (Lipinski definition) is 4. The summed E-state index contributed by atoms with van der Waals surface area (Å²) in [7, 11) is 2.18. The maximum atomic E-state index is 11.4. The first-order valence-electron chi connectivity index (χ1n) is 8.27. The quantitative estimate of drug-likeness (QED) is 0.912. The molecule has 0 spiro atoms. The Bertz CT molecular complexity index is 528. The van der Waals surface area contributed by atoms with Crippen LogP contribution in [0.15, 0.2) is 24.3 Å². The molecule has 126 valence electrons. The van der Waals surface area contributed by atoms with E-state index in [2.05, 4.69) is 41.1 Å². The van der Waals surface area contributed by atoms with Gasteiger partial charge in [-0.3, -0.25) is 4.90 Å². The predicted molar refractivity (Wildman–Crippen MR) is 95.6 cm³/mol. The van der Waals surface area contributed by atoms with E-state index in [0.717, 1.165) is 51.6 Å². The Balaban J connectivity index is 1.57. The number of likely N-dealkylation sites (N-methyl/N-ethyl adjacent to an activating group) is 1. The number of nitrogens with two attached hydrogens (primary N) is 1. The van der Waals surface area contributed by atoms with Gasteiger partial charge in [-0.25, -0.2) is 4.79 Å². The summed E-state index contributed by atoms with van der Waals surface area (Å²) in [5, 5.41) is 0.342. The lowest BCUT2D eigenvalue weighted by atomic mass is 10.1. The van der Waals surface area contributed by atoms with Gasteiger partial charge >= 0.3 is 6.03 Å². The molecule has 2 saturated heterocycles. The standard InChI is InChI=1S/C17H26N4OS/c1-19-6-8-20(9-7-19)12-14-2-4-15(5-3-14)16-13-21(17(18)22)10-11-23-16/h2-5,16H,6-13H2,1H3,(H2,18,22). The van der Waals surface area contributed by atoms with Gasteiger partial charge in [0.05, 0.1) is 0 Å². The third kappa shape index (κ3) is 4.40. The Labute approximate surface area is 142 Å². The van der Waals surface area contributed by atoms with Gasteiger partial charge in [0.1, 0.15) is 0 Å². The Morgan fingerprint density at radius 1 is 1.17 bits per heavy atom. The van der Waals surface area contributed by atoms with E-state index < -0.39 is 0 Å². The molecule has 3 rings (SSSR count). The lowest BCUT2D eigenvalue weighted by Gasteiger charge is -2.33. The number of carbonyl (C=O) groups excluding carboxylic acids is 1. The van der Waals surface area contributed by atoms with Gasteiger partial charge in [-0.1, -0.05) is 24.3 Å². The zero-order valence-corrected chi connectivity index (χ0v) is 14.6. The summed E-state index contributed by atoms with van der Waals surface area (Å²) in [6.07, 6.45) is 0. The minimum atomic E-state index is -0.304. The van der Waals surface area contributed by atoms with Crippen LogP contribution in [0.3, 0.4) is 0 Å². The number of amides is 2. The molecule has 6 heteroatoms. The second-order valence-electron chi connectivity index (χ2n) is 6.46. The van der Waals surface area contributed by atoms with Crippen molar-refractivity contribution >= 4 is 17.8 Å². The second-order valence-corrected chi connectivity index (χ2v) is 7.78. The number of piperazine rings is 1. The van der Waals surface area contributed by atoms with Crippen LogP contribution in [0.5, 0.6) is 0 Å². The molecule has 1 atom stereocenters. The van der Waals surface area contributed by atoms with Gasteiger partial charge in [-0.15, -0.1) is 0 Å². The molecule has 1 unspecified atom stereocenters. The molecule has 1 aromatic carbocycles. The smallest absolute Gasteiger partial charge is 0.314 e. The molecule has 0 aromatic heterocycles. The molecule has 2 aliphatic rings. The van der Waals surface area contributed by atoms with E-state index in [-0.39, 0.29) is 6.03 Å². The summed E-state index contributed by atoms with van der Waals surface area (Å²) in [6.45, 7) is 7.10. The number of primary amides is 1. The normalized spacial score (nSPS) is 23.9. The summed E-state index contributed by atoms with van der Waals surface area (Å²) >= 11 is 1.91. The molecule has 2 aliphatic heterocycles. The van der Waals surface area contributed by atoms with Crippen molar-refractivity contribution in [1.82, 2.24) is 14.7 Å². The fourth-order valence-electron chi connectivity index (χ4n) is 3.15. The first kappa shape index (κ1) is 16.6. The fraction of sp³-hybridized carbons (Fsp3) is 0.588. The van der Waals surface area contributed by atoms with Crippen molar-refractivity contribution in [3.63, 3.8) is 0 Å². The Hall–Kier alpha value is -1.24. The van der Waals surface area contributed by atoms with Crippen LogP contribution in [-0.2, 0) is 6.54 Å². The maximum Gasteiger partial charge on any atom is 0.314 e. The van der Waals surface area contributed by atoms with Crippen molar-refractivity contribution in [2.24, 2.45) is 5.73 Å². The van der Waals surface area contributed by atoms with Crippen molar-refractivity contribution < 1.29 is 4.79 Å². The molecule has 0 radical (unpaired) electrons. The van der Waals surface area contributed by atoms with Crippen LogP contribution in [0.2, 0.25) is 0 Å². The topological polar surface area (TPSA) is 52.8 Å². The van der Waals surface area contributed by atoms with E-state index in [4.69, 9.17) is 5.73 Å².